The second-order valence-corrected chi connectivity index (χ2v) is 16.4. The number of nitrogens with zero attached hydrogens (tertiary/aromatic N) is 1. The predicted molar refractivity (Wildman–Crippen MR) is 234 cm³/mol. The third-order valence-electron chi connectivity index (χ3n) is 12.7. The van der Waals surface area contributed by atoms with Gasteiger partial charge >= 0.3 is 0 Å². The van der Waals surface area contributed by atoms with E-state index in [1.807, 2.05) is 6.07 Å². The highest BCUT2D eigenvalue weighted by molar-refractivity contribution is 6.14. The van der Waals surface area contributed by atoms with Crippen LogP contribution in [0.2, 0.25) is 0 Å². The summed E-state index contributed by atoms with van der Waals surface area (Å²) >= 11 is 0. The molecule has 2 nitrogen and oxygen atoms in total. The quantitative estimate of drug-likeness (QED) is 0.176. The summed E-state index contributed by atoms with van der Waals surface area (Å²) in [5.74, 6) is 0. The Morgan fingerprint density at radius 2 is 0.893 bits per heavy atom. The number of anilines is 3. The van der Waals surface area contributed by atoms with E-state index in [1.165, 1.54) is 61.3 Å². The van der Waals surface area contributed by atoms with Gasteiger partial charge in [0.25, 0.3) is 0 Å². The molecule has 2 aliphatic rings. The first-order valence-corrected chi connectivity index (χ1v) is 19.7. The molecule has 9 aromatic rings. The molecular weight excluding hydrogens is 679 g/mol. The van der Waals surface area contributed by atoms with Crippen LogP contribution < -0.4 is 4.90 Å². The molecule has 0 atom stereocenters. The van der Waals surface area contributed by atoms with Crippen molar-refractivity contribution in [1.82, 2.24) is 0 Å². The van der Waals surface area contributed by atoms with Crippen molar-refractivity contribution in [3.63, 3.8) is 0 Å². The summed E-state index contributed by atoms with van der Waals surface area (Å²) in [6.45, 7) is 9.45. The summed E-state index contributed by atoms with van der Waals surface area (Å²) in [5, 5.41) is 2.26. The van der Waals surface area contributed by atoms with Gasteiger partial charge in [0.15, 0.2) is 0 Å². The Labute approximate surface area is 328 Å². The third-order valence-corrected chi connectivity index (χ3v) is 12.7. The monoisotopic (exact) mass is 719 g/mol. The van der Waals surface area contributed by atoms with Gasteiger partial charge in [-0.05, 0) is 86.5 Å². The van der Waals surface area contributed by atoms with Gasteiger partial charge in [-0.15, -0.1) is 0 Å². The highest BCUT2D eigenvalue weighted by atomic mass is 16.3. The summed E-state index contributed by atoms with van der Waals surface area (Å²) in [6, 6.07) is 64.6. The molecule has 0 spiro atoms. The summed E-state index contributed by atoms with van der Waals surface area (Å²) in [6.07, 6.45) is 0. The Bertz CT molecular complexity index is 3050. The van der Waals surface area contributed by atoms with E-state index in [2.05, 4.69) is 202 Å². The predicted octanol–water partition coefficient (Wildman–Crippen LogP) is 15.0. The van der Waals surface area contributed by atoms with E-state index < -0.39 is 0 Å². The van der Waals surface area contributed by atoms with Gasteiger partial charge in [-0.2, -0.15) is 0 Å². The van der Waals surface area contributed by atoms with Gasteiger partial charge < -0.3 is 9.32 Å². The molecule has 0 N–H and O–H groups in total. The van der Waals surface area contributed by atoms with Gasteiger partial charge in [0.05, 0.1) is 17.1 Å². The minimum atomic E-state index is -0.144. The van der Waals surface area contributed by atoms with Gasteiger partial charge in [0.1, 0.15) is 11.2 Å². The van der Waals surface area contributed by atoms with Crippen LogP contribution in [0.4, 0.5) is 17.1 Å². The molecule has 0 fully saturated rings. The second-order valence-electron chi connectivity index (χ2n) is 16.4. The number of fused-ring (bicyclic) bond motifs is 9. The molecule has 0 saturated heterocycles. The Balaban J connectivity index is 1.20. The van der Waals surface area contributed by atoms with Crippen LogP contribution in [0.3, 0.4) is 0 Å². The molecule has 0 unspecified atom stereocenters. The molecule has 8 aromatic carbocycles. The lowest BCUT2D eigenvalue weighted by molar-refractivity contribution is 0.660. The van der Waals surface area contributed by atoms with Gasteiger partial charge in [-0.25, -0.2) is 0 Å². The second kappa shape index (κ2) is 11.9. The zero-order valence-electron chi connectivity index (χ0n) is 32.1. The van der Waals surface area contributed by atoms with E-state index in [4.69, 9.17) is 4.42 Å². The normalized spacial score (nSPS) is 14.4. The summed E-state index contributed by atoms with van der Waals surface area (Å²) in [4.78, 5) is 2.54. The Kier molecular flexibility index (Phi) is 6.98. The van der Waals surface area contributed by atoms with E-state index >= 15 is 0 Å². The minimum absolute atomic E-state index is 0.106. The summed E-state index contributed by atoms with van der Waals surface area (Å²) < 4.78 is 6.45. The van der Waals surface area contributed by atoms with Crippen molar-refractivity contribution in [2.45, 2.75) is 38.5 Å². The van der Waals surface area contributed by atoms with Crippen molar-refractivity contribution in [3.05, 3.63) is 198 Å². The van der Waals surface area contributed by atoms with E-state index in [0.29, 0.717) is 0 Å². The fraction of sp³-hybridized carbons (Fsp3) is 0.111. The Hall–Kier alpha value is -6.64. The fourth-order valence-corrected chi connectivity index (χ4v) is 9.99. The van der Waals surface area contributed by atoms with Crippen molar-refractivity contribution < 1.29 is 4.42 Å². The first-order chi connectivity index (χ1) is 27.3. The first kappa shape index (κ1) is 32.8. The Morgan fingerprint density at radius 1 is 0.375 bits per heavy atom. The van der Waals surface area contributed by atoms with Crippen LogP contribution in [-0.2, 0) is 10.8 Å². The van der Waals surface area contributed by atoms with Gasteiger partial charge in [0, 0.05) is 38.3 Å². The number of rotatable bonds is 5. The summed E-state index contributed by atoms with van der Waals surface area (Å²) in [5.41, 5.74) is 20.3. The van der Waals surface area contributed by atoms with Gasteiger partial charge in [-0.1, -0.05) is 167 Å². The van der Waals surface area contributed by atoms with Gasteiger partial charge in [-0.3, -0.25) is 0 Å². The van der Waals surface area contributed by atoms with Gasteiger partial charge in [0.2, 0.25) is 0 Å². The van der Waals surface area contributed by atoms with Crippen LogP contribution in [0.1, 0.15) is 49.9 Å². The molecule has 0 bridgehead atoms. The smallest absolute Gasteiger partial charge is 0.136 e. The zero-order chi connectivity index (χ0) is 37.8. The third kappa shape index (κ3) is 4.56. The lowest BCUT2D eigenvalue weighted by Gasteiger charge is -2.32. The number of benzene rings is 8. The van der Waals surface area contributed by atoms with Crippen molar-refractivity contribution >= 4 is 39.0 Å². The van der Waals surface area contributed by atoms with Crippen molar-refractivity contribution in [2.24, 2.45) is 0 Å². The standard InChI is InChI=1S/C54H41NO/c1-53(2)43-24-11-6-20-40(43)52-44(53)25-16-28-48(52)55(47-27-13-8-19-38(47)39-22-15-30-50-51(39)41-21-9-14-29-49(41)56-50)46-26-12-7-17-35(46)34-31-32-37-36-18-5-10-23-42(36)54(3,4)45(37)33-34/h5-33H,1-4H3. The van der Waals surface area contributed by atoms with Crippen LogP contribution >= 0.6 is 0 Å². The lowest BCUT2D eigenvalue weighted by atomic mass is 9.81. The number of hydrogen-bond acceptors (Lipinski definition) is 2. The SMILES string of the molecule is CC1(C)c2ccccc2-c2ccc(-c3ccccc3N(c3ccccc3-c3cccc4oc5ccccc5c34)c3cccc4c3-c3ccccc3C4(C)C)cc21. The molecule has 0 aliphatic heterocycles. The summed E-state index contributed by atoms with van der Waals surface area (Å²) in [7, 11) is 0. The maximum atomic E-state index is 6.45. The maximum absolute atomic E-state index is 6.45. The average Bonchev–Trinajstić information content (AvgIpc) is 3.81. The lowest BCUT2D eigenvalue weighted by Crippen LogP contribution is -2.17. The molecule has 268 valence electrons. The first-order valence-electron chi connectivity index (χ1n) is 19.7. The molecular formula is C54H41NO. The average molecular weight is 720 g/mol. The zero-order valence-corrected chi connectivity index (χ0v) is 32.1. The number of hydrogen-bond donors (Lipinski definition) is 0. The molecule has 1 aromatic heterocycles. The molecule has 2 heteroatoms. The molecule has 0 saturated carbocycles. The molecule has 1 heterocycles. The molecule has 2 aliphatic carbocycles. The van der Waals surface area contributed by atoms with Crippen molar-refractivity contribution in [2.75, 3.05) is 4.90 Å². The molecule has 11 rings (SSSR count). The molecule has 56 heavy (non-hydrogen) atoms. The molecule has 0 radical (unpaired) electrons. The minimum Gasteiger partial charge on any atom is -0.456 e. The van der Waals surface area contributed by atoms with E-state index in [-0.39, 0.29) is 10.8 Å². The van der Waals surface area contributed by atoms with Crippen LogP contribution in [0.5, 0.6) is 0 Å². The maximum Gasteiger partial charge on any atom is 0.136 e. The Morgan fingerprint density at radius 3 is 1.70 bits per heavy atom. The van der Waals surface area contributed by atoms with E-state index in [1.54, 1.807) is 0 Å². The number of para-hydroxylation sites is 3. The highest BCUT2D eigenvalue weighted by Crippen LogP contribution is 2.57. The topological polar surface area (TPSA) is 16.4 Å². The highest BCUT2D eigenvalue weighted by Gasteiger charge is 2.39. The molecule has 0 amide bonds. The van der Waals surface area contributed by atoms with E-state index in [9.17, 15) is 0 Å². The van der Waals surface area contributed by atoms with Crippen molar-refractivity contribution in [1.29, 1.82) is 0 Å². The van der Waals surface area contributed by atoms with Crippen molar-refractivity contribution in [3.8, 4) is 44.5 Å². The number of furan rings is 1. The van der Waals surface area contributed by atoms with Crippen LogP contribution in [-0.4, -0.2) is 0 Å². The fourth-order valence-electron chi connectivity index (χ4n) is 9.99. The van der Waals surface area contributed by atoms with Crippen LogP contribution in [0.15, 0.2) is 180 Å². The largest absolute Gasteiger partial charge is 0.456 e. The van der Waals surface area contributed by atoms with Crippen LogP contribution in [0, 0.1) is 0 Å². The van der Waals surface area contributed by atoms with Crippen LogP contribution in [0.25, 0.3) is 66.4 Å². The van der Waals surface area contributed by atoms with E-state index in [0.717, 1.165) is 44.4 Å².